The van der Waals surface area contributed by atoms with Gasteiger partial charge in [0.15, 0.2) is 5.82 Å². The molecule has 2 N–H and O–H groups in total. The van der Waals surface area contributed by atoms with E-state index in [9.17, 15) is 4.79 Å². The lowest BCUT2D eigenvalue weighted by molar-refractivity contribution is -0.121. The van der Waals surface area contributed by atoms with E-state index in [1.165, 1.54) is 0 Å². The number of rotatable bonds is 7. The fourth-order valence-electron chi connectivity index (χ4n) is 2.13. The van der Waals surface area contributed by atoms with Gasteiger partial charge in [0.05, 0.1) is 6.61 Å². The minimum absolute atomic E-state index is 0.0301. The molecule has 0 saturated carbocycles. The highest BCUT2D eigenvalue weighted by Crippen LogP contribution is 2.18. The fraction of sp³-hybridized carbons (Fsp3) is 0.500. The van der Waals surface area contributed by atoms with Crippen LogP contribution in [0.25, 0.3) is 0 Å². The highest BCUT2D eigenvalue weighted by atomic mass is 16.5. The highest BCUT2D eigenvalue weighted by Gasteiger charge is 2.21. The zero-order valence-electron chi connectivity index (χ0n) is 14.5. The number of aromatic nitrogens is 2. The highest BCUT2D eigenvalue weighted by molar-refractivity contribution is 5.76. The van der Waals surface area contributed by atoms with Crippen LogP contribution in [-0.4, -0.2) is 27.7 Å². The number of aryl methyl sites for hydroxylation is 1. The molecule has 0 aliphatic heterocycles. The van der Waals surface area contributed by atoms with Gasteiger partial charge < -0.3 is 14.9 Å². The van der Waals surface area contributed by atoms with Crippen LogP contribution in [0, 0.1) is 0 Å². The predicted octanol–water partition coefficient (Wildman–Crippen LogP) is 2.15. The van der Waals surface area contributed by atoms with Crippen molar-refractivity contribution in [3.8, 4) is 0 Å². The first-order chi connectivity index (χ1) is 11.4. The molecule has 24 heavy (non-hydrogen) atoms. The molecule has 1 aromatic carbocycles. The van der Waals surface area contributed by atoms with Gasteiger partial charge in [0.1, 0.15) is 0 Å². The maximum absolute atomic E-state index is 11.9. The molecule has 0 unspecified atom stereocenters. The SMILES string of the molecule is CC(C)(C)c1noc(CCC(=O)NCCc2ccc(CO)cc2)n1. The smallest absolute Gasteiger partial charge is 0.227 e. The number of hydrogen-bond donors (Lipinski definition) is 2. The number of amides is 1. The van der Waals surface area contributed by atoms with Crippen molar-refractivity contribution in [3.05, 3.63) is 47.1 Å². The van der Waals surface area contributed by atoms with Crippen molar-refractivity contribution in [2.45, 2.75) is 52.1 Å². The van der Waals surface area contributed by atoms with E-state index in [4.69, 9.17) is 9.63 Å². The Morgan fingerprint density at radius 3 is 2.42 bits per heavy atom. The van der Waals surface area contributed by atoms with E-state index in [-0.39, 0.29) is 17.9 Å². The molecule has 6 nitrogen and oxygen atoms in total. The van der Waals surface area contributed by atoms with E-state index in [1.807, 2.05) is 45.0 Å². The lowest BCUT2D eigenvalue weighted by Crippen LogP contribution is -2.25. The number of carbonyl (C=O) groups is 1. The molecule has 130 valence electrons. The van der Waals surface area contributed by atoms with Crippen molar-refractivity contribution >= 4 is 5.91 Å². The topological polar surface area (TPSA) is 88.2 Å². The van der Waals surface area contributed by atoms with E-state index in [0.29, 0.717) is 31.1 Å². The van der Waals surface area contributed by atoms with Crippen molar-refractivity contribution in [1.82, 2.24) is 15.5 Å². The normalized spacial score (nSPS) is 11.5. The van der Waals surface area contributed by atoms with E-state index >= 15 is 0 Å². The number of carbonyl (C=O) groups excluding carboxylic acids is 1. The minimum atomic E-state index is -0.157. The van der Waals surface area contributed by atoms with Gasteiger partial charge in [0, 0.05) is 24.8 Å². The standard InChI is InChI=1S/C18H25N3O3/c1-18(2,3)17-20-16(24-21-17)9-8-15(23)19-11-10-13-4-6-14(12-22)7-5-13/h4-7,22H,8-12H2,1-3H3,(H,19,23). The summed E-state index contributed by atoms with van der Waals surface area (Å²) < 4.78 is 5.18. The molecule has 0 atom stereocenters. The zero-order valence-corrected chi connectivity index (χ0v) is 14.5. The molecule has 0 radical (unpaired) electrons. The van der Waals surface area contributed by atoms with Crippen LogP contribution in [0.5, 0.6) is 0 Å². The minimum Gasteiger partial charge on any atom is -0.392 e. The van der Waals surface area contributed by atoms with Gasteiger partial charge >= 0.3 is 0 Å². The third kappa shape index (κ3) is 5.45. The molecule has 0 aliphatic carbocycles. The first kappa shape index (κ1) is 18.1. The van der Waals surface area contributed by atoms with Crippen molar-refractivity contribution in [2.75, 3.05) is 6.54 Å². The molecule has 2 rings (SSSR count). The van der Waals surface area contributed by atoms with E-state index < -0.39 is 0 Å². The Labute approximate surface area is 142 Å². The third-order valence-corrected chi connectivity index (χ3v) is 3.65. The fourth-order valence-corrected chi connectivity index (χ4v) is 2.13. The Kier molecular flexibility index (Phi) is 6.09. The van der Waals surface area contributed by atoms with Crippen molar-refractivity contribution in [1.29, 1.82) is 0 Å². The summed E-state index contributed by atoms with van der Waals surface area (Å²) in [6.07, 6.45) is 1.53. The first-order valence-corrected chi connectivity index (χ1v) is 8.17. The summed E-state index contributed by atoms with van der Waals surface area (Å²) in [7, 11) is 0. The maximum Gasteiger partial charge on any atom is 0.227 e. The van der Waals surface area contributed by atoms with Crippen LogP contribution in [0.4, 0.5) is 0 Å². The van der Waals surface area contributed by atoms with E-state index in [2.05, 4.69) is 15.5 Å². The molecule has 0 fully saturated rings. The van der Waals surface area contributed by atoms with Gasteiger partial charge in [-0.05, 0) is 17.5 Å². The molecule has 0 bridgehead atoms. The summed E-state index contributed by atoms with van der Waals surface area (Å²) >= 11 is 0. The van der Waals surface area contributed by atoms with Gasteiger partial charge in [0.25, 0.3) is 0 Å². The quantitative estimate of drug-likeness (QED) is 0.811. The van der Waals surface area contributed by atoms with Gasteiger partial charge in [-0.25, -0.2) is 0 Å². The largest absolute Gasteiger partial charge is 0.392 e. The number of benzene rings is 1. The number of aliphatic hydroxyl groups excluding tert-OH is 1. The molecular formula is C18H25N3O3. The molecule has 6 heteroatoms. The average molecular weight is 331 g/mol. The monoisotopic (exact) mass is 331 g/mol. The molecule has 1 aromatic heterocycles. The van der Waals surface area contributed by atoms with Crippen LogP contribution in [0.3, 0.4) is 0 Å². The summed E-state index contributed by atoms with van der Waals surface area (Å²) in [5, 5.41) is 15.8. The van der Waals surface area contributed by atoms with Crippen LogP contribution in [-0.2, 0) is 29.7 Å². The molecule has 1 heterocycles. The summed E-state index contributed by atoms with van der Waals surface area (Å²) in [6, 6.07) is 7.70. The van der Waals surface area contributed by atoms with E-state index in [0.717, 1.165) is 17.5 Å². The number of nitrogens with one attached hydrogen (secondary N) is 1. The van der Waals surface area contributed by atoms with Gasteiger partial charge in [-0.15, -0.1) is 0 Å². The lowest BCUT2D eigenvalue weighted by atomic mass is 9.96. The second-order valence-corrected chi connectivity index (χ2v) is 6.84. The summed E-state index contributed by atoms with van der Waals surface area (Å²) in [4.78, 5) is 16.2. The van der Waals surface area contributed by atoms with Crippen LogP contribution >= 0.6 is 0 Å². The Bertz CT molecular complexity index is 657. The molecular weight excluding hydrogens is 306 g/mol. The molecule has 1 amide bonds. The van der Waals surface area contributed by atoms with Gasteiger partial charge in [0.2, 0.25) is 11.8 Å². The Balaban J connectivity index is 1.70. The molecule has 0 aliphatic rings. The van der Waals surface area contributed by atoms with Crippen molar-refractivity contribution in [3.63, 3.8) is 0 Å². The second-order valence-electron chi connectivity index (χ2n) is 6.84. The van der Waals surface area contributed by atoms with Gasteiger partial charge in [-0.3, -0.25) is 4.79 Å². The molecule has 0 saturated heterocycles. The van der Waals surface area contributed by atoms with Gasteiger partial charge in [-0.2, -0.15) is 4.98 Å². The van der Waals surface area contributed by atoms with Crippen LogP contribution in [0.2, 0.25) is 0 Å². The summed E-state index contributed by atoms with van der Waals surface area (Å²) in [5.74, 6) is 1.12. The number of aliphatic hydroxyl groups is 1. The Morgan fingerprint density at radius 2 is 1.83 bits per heavy atom. The number of nitrogens with zero attached hydrogens (tertiary/aromatic N) is 2. The zero-order chi connectivity index (χ0) is 17.6. The summed E-state index contributed by atoms with van der Waals surface area (Å²) in [6.45, 7) is 6.67. The van der Waals surface area contributed by atoms with Crippen molar-refractivity contribution in [2.24, 2.45) is 0 Å². The van der Waals surface area contributed by atoms with Crippen LogP contribution in [0.1, 0.15) is 50.0 Å². The average Bonchev–Trinajstić information content (AvgIpc) is 3.03. The first-order valence-electron chi connectivity index (χ1n) is 8.17. The second kappa shape index (κ2) is 8.06. The molecule has 2 aromatic rings. The number of hydrogen-bond acceptors (Lipinski definition) is 5. The Hall–Kier alpha value is -2.21. The maximum atomic E-state index is 11.9. The van der Waals surface area contributed by atoms with Crippen LogP contribution in [0.15, 0.2) is 28.8 Å². The molecule has 0 spiro atoms. The predicted molar refractivity (Wildman–Crippen MR) is 90.4 cm³/mol. The lowest BCUT2D eigenvalue weighted by Gasteiger charge is -2.10. The summed E-state index contributed by atoms with van der Waals surface area (Å²) in [5.41, 5.74) is 1.85. The van der Waals surface area contributed by atoms with Crippen LogP contribution < -0.4 is 5.32 Å². The van der Waals surface area contributed by atoms with Gasteiger partial charge in [-0.1, -0.05) is 50.2 Å². The third-order valence-electron chi connectivity index (χ3n) is 3.65. The Morgan fingerprint density at radius 1 is 1.17 bits per heavy atom. The van der Waals surface area contributed by atoms with E-state index in [1.54, 1.807) is 0 Å². The van der Waals surface area contributed by atoms with Crippen molar-refractivity contribution < 1.29 is 14.4 Å².